The number of rotatable bonds is 7. The van der Waals surface area contributed by atoms with Crippen LogP contribution in [-0.4, -0.2) is 19.0 Å². The van der Waals surface area contributed by atoms with E-state index in [0.29, 0.717) is 18.5 Å². The van der Waals surface area contributed by atoms with Gasteiger partial charge in [-0.2, -0.15) is 0 Å². The van der Waals surface area contributed by atoms with Gasteiger partial charge >= 0.3 is 0 Å². The number of hydrogen-bond acceptors (Lipinski definition) is 3. The molecule has 0 amide bonds. The topological polar surface area (TPSA) is 35.5 Å². The van der Waals surface area contributed by atoms with Gasteiger partial charge in [0.15, 0.2) is 0 Å². The highest BCUT2D eigenvalue weighted by Gasteiger charge is 2.38. The maximum absolute atomic E-state index is 12.0. The Morgan fingerprint density at radius 3 is 2.17 bits per heavy atom. The second-order valence-corrected chi connectivity index (χ2v) is 8.10. The minimum absolute atomic E-state index is 0.0542. The molecule has 3 rings (SSSR count). The van der Waals surface area contributed by atoms with Gasteiger partial charge in [0.2, 0.25) is 0 Å². The number of methoxy groups -OCH3 is 1. The van der Waals surface area contributed by atoms with Gasteiger partial charge in [-0.05, 0) is 63.6 Å². The van der Waals surface area contributed by atoms with Gasteiger partial charge in [-0.25, -0.2) is 0 Å². The van der Waals surface area contributed by atoms with Crippen molar-refractivity contribution in [2.75, 3.05) is 7.11 Å². The lowest BCUT2D eigenvalue weighted by molar-refractivity contribution is -0.131. The van der Waals surface area contributed by atoms with Crippen molar-refractivity contribution in [1.82, 2.24) is 0 Å². The van der Waals surface area contributed by atoms with Gasteiger partial charge in [0, 0.05) is 5.41 Å². The third-order valence-corrected chi connectivity index (χ3v) is 5.95. The maximum Gasteiger partial charge on any atom is 0.135 e. The summed E-state index contributed by atoms with van der Waals surface area (Å²) in [4.78, 5) is 12.0. The van der Waals surface area contributed by atoms with Crippen LogP contribution in [0.5, 0.6) is 5.75 Å². The number of ketones is 1. The van der Waals surface area contributed by atoms with E-state index in [4.69, 9.17) is 9.47 Å². The second kappa shape index (κ2) is 11.8. The number of benzene rings is 2. The minimum atomic E-state index is -0.0542. The van der Waals surface area contributed by atoms with E-state index in [9.17, 15) is 4.79 Å². The molecule has 1 aliphatic rings. The number of aryl methyl sites for hydroxylation is 1. The molecule has 3 heteroatoms. The van der Waals surface area contributed by atoms with E-state index in [1.54, 1.807) is 14.0 Å². The average Bonchev–Trinajstić information content (AvgIpc) is 2.75. The quantitative estimate of drug-likeness (QED) is 0.534. The number of Topliss-reactive ketones (excluding diaryl/α,β-unsaturated/α-hetero) is 1. The summed E-state index contributed by atoms with van der Waals surface area (Å²) in [5.74, 6) is 1.29. The van der Waals surface area contributed by atoms with E-state index < -0.39 is 0 Å². The third kappa shape index (κ3) is 7.32. The van der Waals surface area contributed by atoms with E-state index in [-0.39, 0.29) is 5.41 Å². The fraction of sp³-hybridized carbons (Fsp3) is 0.500. The molecule has 0 aromatic heterocycles. The number of ether oxygens (including phenoxy) is 2. The lowest BCUT2D eigenvalue weighted by Gasteiger charge is -2.38. The Balaban J connectivity index is 0.000000278. The van der Waals surface area contributed by atoms with Crippen molar-refractivity contribution in [2.45, 2.75) is 72.0 Å². The summed E-state index contributed by atoms with van der Waals surface area (Å²) in [6, 6.07) is 18.3. The van der Waals surface area contributed by atoms with Crippen LogP contribution in [0.3, 0.4) is 0 Å². The summed E-state index contributed by atoms with van der Waals surface area (Å²) in [6.07, 6.45) is 6.48. The van der Waals surface area contributed by atoms with Crippen LogP contribution in [0, 0.1) is 12.3 Å². The lowest BCUT2D eigenvalue weighted by atomic mass is 9.68. The van der Waals surface area contributed by atoms with Crippen molar-refractivity contribution in [3.8, 4) is 5.75 Å². The molecule has 158 valence electrons. The molecule has 3 nitrogen and oxygen atoms in total. The summed E-state index contributed by atoms with van der Waals surface area (Å²) in [5.41, 5.74) is 2.43. The van der Waals surface area contributed by atoms with Crippen LogP contribution in [0.2, 0.25) is 0 Å². The first-order valence-electron chi connectivity index (χ1n) is 10.8. The molecule has 0 aliphatic heterocycles. The first kappa shape index (κ1) is 23.2. The van der Waals surface area contributed by atoms with Crippen molar-refractivity contribution >= 4 is 5.78 Å². The Morgan fingerprint density at radius 1 is 1.03 bits per heavy atom. The van der Waals surface area contributed by atoms with E-state index in [1.165, 1.54) is 11.1 Å². The standard InChI is InChI=1S/C18H26O2.C8H10O/c1-3-11-18(15(2)19)12-9-17(10-13-18)20-14-16-7-5-4-6-8-16;1-7-3-5-8(9-2)6-4-7/h4-8,17H,3,9-14H2,1-2H3;3-6H,1-2H3. The third-order valence-electron chi connectivity index (χ3n) is 5.95. The van der Waals surface area contributed by atoms with Gasteiger partial charge < -0.3 is 9.47 Å². The maximum atomic E-state index is 12.0. The highest BCUT2D eigenvalue weighted by Crippen LogP contribution is 2.42. The molecule has 1 saturated carbocycles. The van der Waals surface area contributed by atoms with E-state index >= 15 is 0 Å². The number of hydrogen-bond donors (Lipinski definition) is 0. The summed E-state index contributed by atoms with van der Waals surface area (Å²) < 4.78 is 11.0. The minimum Gasteiger partial charge on any atom is -0.497 e. The normalized spacial score (nSPS) is 21.0. The molecule has 0 spiro atoms. The Kier molecular flexibility index (Phi) is 9.40. The van der Waals surface area contributed by atoms with Crippen LogP contribution >= 0.6 is 0 Å². The van der Waals surface area contributed by atoms with Crippen LogP contribution in [0.15, 0.2) is 54.6 Å². The zero-order valence-corrected chi connectivity index (χ0v) is 18.4. The van der Waals surface area contributed by atoms with Gasteiger partial charge in [0.05, 0.1) is 19.8 Å². The van der Waals surface area contributed by atoms with Crippen molar-refractivity contribution < 1.29 is 14.3 Å². The van der Waals surface area contributed by atoms with Gasteiger partial charge in [-0.3, -0.25) is 4.79 Å². The molecule has 2 aromatic rings. The van der Waals surface area contributed by atoms with Crippen LogP contribution in [0.4, 0.5) is 0 Å². The zero-order chi connectivity index (χ0) is 21.1. The van der Waals surface area contributed by atoms with Gasteiger partial charge in [-0.15, -0.1) is 0 Å². The largest absolute Gasteiger partial charge is 0.497 e. The van der Waals surface area contributed by atoms with Crippen LogP contribution < -0.4 is 4.74 Å². The predicted molar refractivity (Wildman–Crippen MR) is 119 cm³/mol. The van der Waals surface area contributed by atoms with Crippen LogP contribution in [0.25, 0.3) is 0 Å². The number of carbonyl (C=O) groups excluding carboxylic acids is 1. The summed E-state index contributed by atoms with van der Waals surface area (Å²) in [6.45, 7) is 6.68. The fourth-order valence-corrected chi connectivity index (χ4v) is 4.03. The van der Waals surface area contributed by atoms with Gasteiger partial charge in [-0.1, -0.05) is 61.4 Å². The molecule has 0 radical (unpaired) electrons. The number of carbonyl (C=O) groups is 1. The molecular formula is C26H36O3. The van der Waals surface area contributed by atoms with Crippen molar-refractivity contribution in [3.05, 3.63) is 65.7 Å². The SMILES string of the molecule is CCCC1(C(C)=O)CCC(OCc2ccccc2)CC1.COc1ccc(C)cc1. The van der Waals surface area contributed by atoms with E-state index in [0.717, 1.165) is 44.3 Å². The van der Waals surface area contributed by atoms with Crippen molar-refractivity contribution in [2.24, 2.45) is 5.41 Å². The molecular weight excluding hydrogens is 360 g/mol. The summed E-state index contributed by atoms with van der Waals surface area (Å²) in [7, 11) is 1.67. The monoisotopic (exact) mass is 396 g/mol. The zero-order valence-electron chi connectivity index (χ0n) is 18.4. The fourth-order valence-electron chi connectivity index (χ4n) is 4.03. The van der Waals surface area contributed by atoms with Crippen molar-refractivity contribution in [1.29, 1.82) is 0 Å². The molecule has 0 saturated heterocycles. The molecule has 0 heterocycles. The molecule has 1 aliphatic carbocycles. The van der Waals surface area contributed by atoms with Crippen LogP contribution in [0.1, 0.15) is 63.5 Å². The Hall–Kier alpha value is -2.13. The first-order chi connectivity index (χ1) is 14.0. The predicted octanol–water partition coefficient (Wildman–Crippen LogP) is 6.52. The second-order valence-electron chi connectivity index (χ2n) is 8.10. The van der Waals surface area contributed by atoms with Crippen molar-refractivity contribution in [3.63, 3.8) is 0 Å². The van der Waals surface area contributed by atoms with Crippen LogP contribution in [-0.2, 0) is 16.1 Å². The highest BCUT2D eigenvalue weighted by molar-refractivity contribution is 5.82. The first-order valence-corrected chi connectivity index (χ1v) is 10.8. The summed E-state index contributed by atoms with van der Waals surface area (Å²) >= 11 is 0. The molecule has 0 unspecified atom stereocenters. The Morgan fingerprint density at radius 2 is 1.66 bits per heavy atom. The average molecular weight is 397 g/mol. The molecule has 2 aromatic carbocycles. The molecule has 0 bridgehead atoms. The molecule has 0 atom stereocenters. The Bertz CT molecular complexity index is 713. The van der Waals surface area contributed by atoms with Gasteiger partial charge in [0.1, 0.15) is 11.5 Å². The summed E-state index contributed by atoms with van der Waals surface area (Å²) in [5, 5.41) is 0. The molecule has 1 fully saturated rings. The Labute approximate surface area is 176 Å². The van der Waals surface area contributed by atoms with E-state index in [2.05, 4.69) is 26.0 Å². The highest BCUT2D eigenvalue weighted by atomic mass is 16.5. The molecule has 0 N–H and O–H groups in total. The van der Waals surface area contributed by atoms with Gasteiger partial charge in [0.25, 0.3) is 0 Å². The lowest BCUT2D eigenvalue weighted by Crippen LogP contribution is -2.36. The smallest absolute Gasteiger partial charge is 0.135 e. The molecule has 29 heavy (non-hydrogen) atoms. The van der Waals surface area contributed by atoms with E-state index in [1.807, 2.05) is 42.5 Å².